The summed E-state index contributed by atoms with van der Waals surface area (Å²) in [5.41, 5.74) is 0.0473. The molecule has 6 nitrogen and oxygen atoms in total. The lowest BCUT2D eigenvalue weighted by Crippen LogP contribution is -2.39. The number of hydrogen-bond donors (Lipinski definition) is 3. The second-order valence-corrected chi connectivity index (χ2v) is 4.33. The Kier molecular flexibility index (Phi) is 5.43. The first kappa shape index (κ1) is 15.1. The monoisotopic (exact) mass is 332 g/mol. The molecule has 8 heteroatoms. The molecule has 0 heterocycles. The SMILES string of the molecule is O=C(O)CNC(=O)CNC(=O)c1cc(F)ccc1Br. The number of benzene rings is 1. The molecule has 0 radical (unpaired) electrons. The van der Waals surface area contributed by atoms with E-state index in [1.54, 1.807) is 0 Å². The Morgan fingerprint density at radius 3 is 2.53 bits per heavy atom. The van der Waals surface area contributed by atoms with Crippen LogP contribution in [0.15, 0.2) is 22.7 Å². The van der Waals surface area contributed by atoms with Gasteiger partial charge in [-0.25, -0.2) is 4.39 Å². The minimum Gasteiger partial charge on any atom is -0.480 e. The third kappa shape index (κ3) is 5.04. The number of carboxylic acid groups (broad SMARTS) is 1. The second kappa shape index (κ2) is 6.83. The predicted molar refractivity (Wildman–Crippen MR) is 67.1 cm³/mol. The maximum Gasteiger partial charge on any atom is 0.322 e. The normalized spacial score (nSPS) is 9.79. The number of hydrogen-bond acceptors (Lipinski definition) is 3. The zero-order valence-corrected chi connectivity index (χ0v) is 11.2. The van der Waals surface area contributed by atoms with Crippen molar-refractivity contribution in [1.82, 2.24) is 10.6 Å². The Bertz CT molecular complexity index is 521. The van der Waals surface area contributed by atoms with Crippen molar-refractivity contribution >= 4 is 33.7 Å². The van der Waals surface area contributed by atoms with Crippen LogP contribution in [0.3, 0.4) is 0 Å². The minimum atomic E-state index is -1.19. The van der Waals surface area contributed by atoms with Crippen molar-refractivity contribution in [3.63, 3.8) is 0 Å². The van der Waals surface area contributed by atoms with E-state index in [4.69, 9.17) is 5.11 Å². The lowest BCUT2D eigenvalue weighted by atomic mass is 10.2. The van der Waals surface area contributed by atoms with Gasteiger partial charge < -0.3 is 15.7 Å². The Morgan fingerprint density at radius 2 is 1.89 bits per heavy atom. The van der Waals surface area contributed by atoms with Gasteiger partial charge in [0.15, 0.2) is 0 Å². The van der Waals surface area contributed by atoms with E-state index in [1.807, 2.05) is 0 Å². The number of nitrogens with one attached hydrogen (secondary N) is 2. The maximum absolute atomic E-state index is 13.0. The molecule has 3 N–H and O–H groups in total. The van der Waals surface area contributed by atoms with Crippen LogP contribution in [0.4, 0.5) is 4.39 Å². The van der Waals surface area contributed by atoms with Crippen LogP contribution in [0.5, 0.6) is 0 Å². The molecule has 1 rings (SSSR count). The molecule has 0 saturated heterocycles. The van der Waals surface area contributed by atoms with E-state index < -0.39 is 36.7 Å². The van der Waals surface area contributed by atoms with Gasteiger partial charge in [0.1, 0.15) is 12.4 Å². The maximum atomic E-state index is 13.0. The van der Waals surface area contributed by atoms with E-state index in [1.165, 1.54) is 12.1 Å². The van der Waals surface area contributed by atoms with Crippen molar-refractivity contribution in [2.75, 3.05) is 13.1 Å². The molecule has 0 aromatic heterocycles. The topological polar surface area (TPSA) is 95.5 Å². The number of carboxylic acids is 1. The molecular formula is C11H10BrFN2O4. The molecule has 19 heavy (non-hydrogen) atoms. The fourth-order valence-corrected chi connectivity index (χ4v) is 1.59. The van der Waals surface area contributed by atoms with Gasteiger partial charge in [-0.1, -0.05) is 0 Å². The summed E-state index contributed by atoms with van der Waals surface area (Å²) in [6.45, 7) is -0.923. The molecule has 0 aliphatic heterocycles. The molecule has 0 aliphatic carbocycles. The number of rotatable bonds is 5. The minimum absolute atomic E-state index is 0.0473. The van der Waals surface area contributed by atoms with Crippen molar-refractivity contribution < 1.29 is 23.9 Å². The first-order valence-corrected chi connectivity index (χ1v) is 5.91. The highest BCUT2D eigenvalue weighted by Crippen LogP contribution is 2.17. The summed E-state index contributed by atoms with van der Waals surface area (Å²) in [5.74, 6) is -3.06. The first-order chi connectivity index (χ1) is 8.90. The van der Waals surface area contributed by atoms with Crippen molar-refractivity contribution in [2.24, 2.45) is 0 Å². The van der Waals surface area contributed by atoms with Crippen LogP contribution in [-0.2, 0) is 9.59 Å². The van der Waals surface area contributed by atoms with Crippen molar-refractivity contribution in [3.05, 3.63) is 34.1 Å². The van der Waals surface area contributed by atoms with Gasteiger partial charge in [-0.3, -0.25) is 14.4 Å². The summed E-state index contributed by atoms with van der Waals surface area (Å²) in [5, 5.41) is 12.7. The number of aliphatic carboxylic acids is 1. The molecule has 1 aromatic carbocycles. The summed E-state index contributed by atoms with van der Waals surface area (Å²) in [4.78, 5) is 33.0. The van der Waals surface area contributed by atoms with Crippen LogP contribution in [-0.4, -0.2) is 36.0 Å². The molecule has 2 amide bonds. The lowest BCUT2D eigenvalue weighted by Gasteiger charge is -2.07. The van der Waals surface area contributed by atoms with Gasteiger partial charge in [0.05, 0.1) is 12.1 Å². The number of amides is 2. The molecule has 0 unspecified atom stereocenters. The smallest absolute Gasteiger partial charge is 0.322 e. The zero-order chi connectivity index (χ0) is 14.4. The Balaban J connectivity index is 2.53. The number of carbonyl (C=O) groups excluding carboxylic acids is 2. The second-order valence-electron chi connectivity index (χ2n) is 3.48. The van der Waals surface area contributed by atoms with Gasteiger partial charge in [-0.15, -0.1) is 0 Å². The highest BCUT2D eigenvalue weighted by Gasteiger charge is 2.12. The molecule has 0 aliphatic rings. The van der Waals surface area contributed by atoms with E-state index in [-0.39, 0.29) is 5.56 Å². The van der Waals surface area contributed by atoms with Crippen LogP contribution < -0.4 is 10.6 Å². The van der Waals surface area contributed by atoms with E-state index >= 15 is 0 Å². The Hall–Kier alpha value is -1.96. The first-order valence-electron chi connectivity index (χ1n) is 5.12. The number of carbonyl (C=O) groups is 3. The van der Waals surface area contributed by atoms with E-state index in [2.05, 4.69) is 26.6 Å². The summed E-state index contributed by atoms with van der Waals surface area (Å²) < 4.78 is 13.4. The average Bonchev–Trinajstić information content (AvgIpc) is 2.36. The summed E-state index contributed by atoms with van der Waals surface area (Å²) in [7, 11) is 0. The van der Waals surface area contributed by atoms with Crippen molar-refractivity contribution in [1.29, 1.82) is 0 Å². The van der Waals surface area contributed by atoms with Gasteiger partial charge in [0, 0.05) is 4.47 Å². The van der Waals surface area contributed by atoms with Gasteiger partial charge in [0.2, 0.25) is 5.91 Å². The molecule has 0 saturated carbocycles. The summed E-state index contributed by atoms with van der Waals surface area (Å²) >= 11 is 3.08. The van der Waals surface area contributed by atoms with Gasteiger partial charge in [-0.2, -0.15) is 0 Å². The Morgan fingerprint density at radius 1 is 1.21 bits per heavy atom. The molecule has 0 spiro atoms. The standard InChI is InChI=1S/C11H10BrFN2O4/c12-8-2-1-6(13)3-7(8)11(19)15-4-9(16)14-5-10(17)18/h1-3H,4-5H2,(H,14,16)(H,15,19)(H,17,18). The lowest BCUT2D eigenvalue weighted by molar-refractivity contribution is -0.137. The highest BCUT2D eigenvalue weighted by atomic mass is 79.9. The average molecular weight is 333 g/mol. The molecular weight excluding hydrogens is 323 g/mol. The van der Waals surface area contributed by atoms with Gasteiger partial charge in [0.25, 0.3) is 5.91 Å². The number of halogens is 2. The molecule has 0 fully saturated rings. The predicted octanol–water partition coefficient (Wildman–Crippen LogP) is 0.519. The van der Waals surface area contributed by atoms with Crippen LogP contribution in [0.1, 0.15) is 10.4 Å². The van der Waals surface area contributed by atoms with Crippen LogP contribution in [0, 0.1) is 5.82 Å². The van der Waals surface area contributed by atoms with Gasteiger partial charge >= 0.3 is 5.97 Å². The fraction of sp³-hybridized carbons (Fsp3) is 0.182. The largest absolute Gasteiger partial charge is 0.480 e. The van der Waals surface area contributed by atoms with Crippen LogP contribution in [0.2, 0.25) is 0 Å². The Labute approximate surface area is 116 Å². The summed E-state index contributed by atoms with van der Waals surface area (Å²) in [6, 6.07) is 3.57. The highest BCUT2D eigenvalue weighted by molar-refractivity contribution is 9.10. The van der Waals surface area contributed by atoms with Crippen LogP contribution >= 0.6 is 15.9 Å². The summed E-state index contributed by atoms with van der Waals surface area (Å²) in [6.07, 6.45) is 0. The van der Waals surface area contributed by atoms with Gasteiger partial charge in [-0.05, 0) is 34.1 Å². The van der Waals surface area contributed by atoms with E-state index in [9.17, 15) is 18.8 Å². The molecule has 0 atom stereocenters. The molecule has 102 valence electrons. The molecule has 1 aromatic rings. The van der Waals surface area contributed by atoms with Crippen molar-refractivity contribution in [3.8, 4) is 0 Å². The van der Waals surface area contributed by atoms with Crippen LogP contribution in [0.25, 0.3) is 0 Å². The van der Waals surface area contributed by atoms with Crippen molar-refractivity contribution in [2.45, 2.75) is 0 Å². The third-order valence-electron chi connectivity index (χ3n) is 2.02. The zero-order valence-electron chi connectivity index (χ0n) is 9.57. The third-order valence-corrected chi connectivity index (χ3v) is 2.71. The van der Waals surface area contributed by atoms with E-state index in [0.717, 1.165) is 6.07 Å². The van der Waals surface area contributed by atoms with E-state index in [0.29, 0.717) is 4.47 Å². The quantitative estimate of drug-likeness (QED) is 0.732. The fourth-order valence-electron chi connectivity index (χ4n) is 1.16. The molecule has 0 bridgehead atoms.